The van der Waals surface area contributed by atoms with E-state index in [1.807, 2.05) is 20.8 Å². The Morgan fingerprint density at radius 2 is 2.17 bits per heavy atom. The lowest BCUT2D eigenvalue weighted by Crippen LogP contribution is -2.43. The van der Waals surface area contributed by atoms with Crippen LogP contribution in [-0.4, -0.2) is 58.0 Å². The minimum absolute atomic E-state index is 0.0535. The molecule has 1 fully saturated rings. The predicted molar refractivity (Wildman–Crippen MR) is 85.2 cm³/mol. The standard InChI is InChI=1S/C16H24N4O3/c1-16(2,3)23-15(22)19-9-12-5-4-8-20(12)11-14(21)13-10-17-6-7-18-13/h6-7,10,12H,4-5,8-9,11H2,1-3H3,(H,19,22)/t12-/m0/s1. The van der Waals surface area contributed by atoms with Crippen LogP contribution in [-0.2, 0) is 4.74 Å². The first-order chi connectivity index (χ1) is 10.8. The number of nitrogens with one attached hydrogen (secondary N) is 1. The fraction of sp³-hybridized carbons (Fsp3) is 0.625. The first-order valence-corrected chi connectivity index (χ1v) is 7.85. The normalized spacial score (nSPS) is 18.7. The Morgan fingerprint density at radius 3 is 2.83 bits per heavy atom. The van der Waals surface area contributed by atoms with Gasteiger partial charge in [-0.25, -0.2) is 9.78 Å². The second-order valence-corrected chi connectivity index (χ2v) is 6.66. The number of amides is 1. The van der Waals surface area contributed by atoms with E-state index in [2.05, 4.69) is 20.2 Å². The van der Waals surface area contributed by atoms with Gasteiger partial charge in [0, 0.05) is 25.0 Å². The third kappa shape index (κ3) is 5.59. The third-order valence-electron chi connectivity index (χ3n) is 3.58. The molecule has 0 saturated carbocycles. The van der Waals surface area contributed by atoms with Crippen molar-refractivity contribution in [3.63, 3.8) is 0 Å². The zero-order chi connectivity index (χ0) is 16.9. The minimum Gasteiger partial charge on any atom is -0.444 e. The van der Waals surface area contributed by atoms with E-state index in [1.54, 1.807) is 6.20 Å². The number of carbonyl (C=O) groups is 2. The summed E-state index contributed by atoms with van der Waals surface area (Å²) in [7, 11) is 0. The van der Waals surface area contributed by atoms with E-state index in [9.17, 15) is 9.59 Å². The number of carbonyl (C=O) groups excluding carboxylic acids is 2. The predicted octanol–water partition coefficient (Wildman–Crippen LogP) is 1.65. The molecule has 0 aromatic carbocycles. The molecule has 1 atom stereocenters. The molecule has 23 heavy (non-hydrogen) atoms. The molecule has 0 bridgehead atoms. The fourth-order valence-corrected chi connectivity index (χ4v) is 2.56. The van der Waals surface area contributed by atoms with Crippen molar-refractivity contribution in [2.24, 2.45) is 0 Å². The second kappa shape index (κ2) is 7.50. The van der Waals surface area contributed by atoms with Crippen molar-refractivity contribution in [1.29, 1.82) is 0 Å². The van der Waals surface area contributed by atoms with Crippen molar-refractivity contribution in [3.8, 4) is 0 Å². The van der Waals surface area contributed by atoms with Crippen molar-refractivity contribution in [3.05, 3.63) is 24.3 Å². The van der Waals surface area contributed by atoms with Crippen LogP contribution in [0.3, 0.4) is 0 Å². The quantitative estimate of drug-likeness (QED) is 0.830. The second-order valence-electron chi connectivity index (χ2n) is 6.66. The molecule has 7 heteroatoms. The summed E-state index contributed by atoms with van der Waals surface area (Å²) >= 11 is 0. The summed E-state index contributed by atoms with van der Waals surface area (Å²) in [4.78, 5) is 34.0. The Bertz CT molecular complexity index is 542. The van der Waals surface area contributed by atoms with Crippen LogP contribution in [0.1, 0.15) is 44.1 Å². The molecule has 2 heterocycles. The number of ketones is 1. The van der Waals surface area contributed by atoms with Crippen molar-refractivity contribution < 1.29 is 14.3 Å². The molecule has 1 N–H and O–H groups in total. The van der Waals surface area contributed by atoms with Crippen LogP contribution in [0.2, 0.25) is 0 Å². The van der Waals surface area contributed by atoms with Gasteiger partial charge in [0.1, 0.15) is 11.3 Å². The molecular weight excluding hydrogens is 296 g/mol. The molecule has 1 amide bonds. The minimum atomic E-state index is -0.513. The number of nitrogens with zero attached hydrogens (tertiary/aromatic N) is 3. The summed E-state index contributed by atoms with van der Waals surface area (Å²) in [6.45, 7) is 7.09. The van der Waals surface area contributed by atoms with Crippen LogP contribution in [0.25, 0.3) is 0 Å². The van der Waals surface area contributed by atoms with E-state index in [1.165, 1.54) is 12.4 Å². The van der Waals surface area contributed by atoms with Crippen molar-refractivity contribution in [2.45, 2.75) is 45.3 Å². The van der Waals surface area contributed by atoms with E-state index in [4.69, 9.17) is 4.74 Å². The van der Waals surface area contributed by atoms with Crippen LogP contribution in [0, 0.1) is 0 Å². The number of ether oxygens (including phenoxy) is 1. The molecule has 7 nitrogen and oxygen atoms in total. The third-order valence-corrected chi connectivity index (χ3v) is 3.58. The maximum Gasteiger partial charge on any atom is 0.407 e. The Hall–Kier alpha value is -2.02. The Balaban J connectivity index is 1.83. The van der Waals surface area contributed by atoms with Crippen LogP contribution in [0.4, 0.5) is 4.79 Å². The number of rotatable bonds is 5. The molecule has 0 aliphatic carbocycles. The number of hydrogen-bond donors (Lipinski definition) is 1. The molecule has 0 radical (unpaired) electrons. The van der Waals surface area contributed by atoms with Gasteiger partial charge in [-0.3, -0.25) is 14.7 Å². The molecule has 1 aromatic rings. The van der Waals surface area contributed by atoms with Gasteiger partial charge in [0.15, 0.2) is 5.78 Å². The van der Waals surface area contributed by atoms with Gasteiger partial charge in [0.25, 0.3) is 0 Å². The van der Waals surface area contributed by atoms with E-state index in [0.717, 1.165) is 19.4 Å². The number of alkyl carbamates (subject to hydrolysis) is 1. The highest BCUT2D eigenvalue weighted by molar-refractivity contribution is 5.95. The molecule has 126 valence electrons. The summed E-state index contributed by atoms with van der Waals surface area (Å²) in [5, 5.41) is 2.78. The maximum atomic E-state index is 12.2. The van der Waals surface area contributed by atoms with E-state index in [0.29, 0.717) is 18.8 Å². The largest absolute Gasteiger partial charge is 0.444 e. The summed E-state index contributed by atoms with van der Waals surface area (Å²) in [5.41, 5.74) is -0.139. The van der Waals surface area contributed by atoms with E-state index >= 15 is 0 Å². The fourth-order valence-electron chi connectivity index (χ4n) is 2.56. The van der Waals surface area contributed by atoms with Crippen LogP contribution < -0.4 is 5.32 Å². The average Bonchev–Trinajstić information content (AvgIpc) is 2.91. The van der Waals surface area contributed by atoms with Gasteiger partial charge in [-0.05, 0) is 40.2 Å². The van der Waals surface area contributed by atoms with Crippen LogP contribution >= 0.6 is 0 Å². The highest BCUT2D eigenvalue weighted by atomic mass is 16.6. The topological polar surface area (TPSA) is 84.4 Å². The Morgan fingerprint density at radius 1 is 1.39 bits per heavy atom. The Kier molecular flexibility index (Phi) is 5.65. The SMILES string of the molecule is CC(C)(C)OC(=O)NC[C@@H]1CCCN1CC(=O)c1cnccn1. The van der Waals surface area contributed by atoms with Gasteiger partial charge in [-0.15, -0.1) is 0 Å². The summed E-state index contributed by atoms with van der Waals surface area (Å²) in [6.07, 6.45) is 6.06. The maximum absolute atomic E-state index is 12.2. The molecule has 0 unspecified atom stereocenters. The zero-order valence-electron chi connectivity index (χ0n) is 13.9. The highest BCUT2D eigenvalue weighted by Gasteiger charge is 2.27. The van der Waals surface area contributed by atoms with Gasteiger partial charge in [-0.1, -0.05) is 0 Å². The number of likely N-dealkylation sites (tertiary alicyclic amines) is 1. The first-order valence-electron chi connectivity index (χ1n) is 7.85. The summed E-state index contributed by atoms with van der Waals surface area (Å²) in [6, 6.07) is 0.142. The van der Waals surface area contributed by atoms with Crippen LogP contribution in [0.15, 0.2) is 18.6 Å². The Labute approximate surface area is 136 Å². The van der Waals surface area contributed by atoms with E-state index in [-0.39, 0.29) is 11.8 Å². The number of hydrogen-bond acceptors (Lipinski definition) is 6. The van der Waals surface area contributed by atoms with Gasteiger partial charge >= 0.3 is 6.09 Å². The lowest BCUT2D eigenvalue weighted by molar-refractivity contribution is 0.0514. The molecule has 0 spiro atoms. The molecule has 1 aromatic heterocycles. The van der Waals surface area contributed by atoms with Gasteiger partial charge < -0.3 is 10.1 Å². The van der Waals surface area contributed by atoms with Gasteiger partial charge in [0.2, 0.25) is 0 Å². The van der Waals surface area contributed by atoms with Crippen LogP contribution in [0.5, 0.6) is 0 Å². The first kappa shape index (κ1) is 17.3. The van der Waals surface area contributed by atoms with E-state index < -0.39 is 11.7 Å². The molecule has 1 aliphatic rings. The lowest BCUT2D eigenvalue weighted by Gasteiger charge is -2.25. The summed E-state index contributed by atoms with van der Waals surface area (Å²) in [5.74, 6) is -0.0535. The molecular formula is C16H24N4O3. The number of Topliss-reactive ketones (excluding diaryl/α,β-unsaturated/α-hetero) is 1. The van der Waals surface area contributed by atoms with Crippen molar-refractivity contribution >= 4 is 11.9 Å². The highest BCUT2D eigenvalue weighted by Crippen LogP contribution is 2.17. The van der Waals surface area contributed by atoms with Crippen molar-refractivity contribution in [1.82, 2.24) is 20.2 Å². The lowest BCUT2D eigenvalue weighted by atomic mass is 10.2. The van der Waals surface area contributed by atoms with Gasteiger partial charge in [0.05, 0.1) is 12.7 Å². The summed E-state index contributed by atoms with van der Waals surface area (Å²) < 4.78 is 5.23. The van der Waals surface area contributed by atoms with Crippen molar-refractivity contribution in [2.75, 3.05) is 19.6 Å². The molecule has 1 aliphatic heterocycles. The molecule has 1 saturated heterocycles. The zero-order valence-corrected chi connectivity index (χ0v) is 13.9. The average molecular weight is 320 g/mol. The monoisotopic (exact) mass is 320 g/mol. The van der Waals surface area contributed by atoms with Gasteiger partial charge in [-0.2, -0.15) is 0 Å². The number of aromatic nitrogens is 2. The molecule has 2 rings (SSSR count). The smallest absolute Gasteiger partial charge is 0.407 e.